The average Bonchev–Trinajstić information content (AvgIpc) is 4.00. The molecule has 0 spiro atoms. The van der Waals surface area contributed by atoms with E-state index in [1.165, 1.54) is 28.6 Å². The van der Waals surface area contributed by atoms with Gasteiger partial charge in [0.15, 0.2) is 16.8 Å². The molecule has 0 saturated carbocycles. The highest BCUT2D eigenvalue weighted by Gasteiger charge is 2.49. The van der Waals surface area contributed by atoms with Crippen LogP contribution in [-0.2, 0) is 4.79 Å². The number of benzene rings is 1. The maximum atomic E-state index is 17.1. The summed E-state index contributed by atoms with van der Waals surface area (Å²) >= 11 is 1.85. The molecule has 1 aromatic carbocycles. The molecule has 58 heavy (non-hydrogen) atoms. The lowest BCUT2D eigenvalue weighted by molar-refractivity contribution is -0.127. The van der Waals surface area contributed by atoms with E-state index in [1.807, 2.05) is 4.90 Å². The van der Waals surface area contributed by atoms with Gasteiger partial charge in [0.1, 0.15) is 46.4 Å². The molecule has 8 rings (SSSR count). The number of halogens is 5. The molecule has 2 amide bonds. The molecule has 1 unspecified atom stereocenters. The summed E-state index contributed by atoms with van der Waals surface area (Å²) in [5.74, 6) is -4.96. The van der Waals surface area contributed by atoms with Gasteiger partial charge in [0.2, 0.25) is 0 Å². The zero-order valence-electron chi connectivity index (χ0n) is 31.8. The van der Waals surface area contributed by atoms with Gasteiger partial charge in [-0.3, -0.25) is 14.7 Å². The number of carbonyl (C=O) groups is 2. The quantitative estimate of drug-likeness (QED) is 0.117. The Morgan fingerprint density at radius 2 is 1.90 bits per heavy atom. The molecule has 0 bridgehead atoms. The molecular weight excluding hydrogens is 806 g/mol. The summed E-state index contributed by atoms with van der Waals surface area (Å²) in [4.78, 5) is 53.0. The molecule has 0 aliphatic carbocycles. The topological polar surface area (TPSA) is 141 Å². The summed E-state index contributed by atoms with van der Waals surface area (Å²) in [6.45, 7) is 6.11. The summed E-state index contributed by atoms with van der Waals surface area (Å²) in [6, 6.07) is -0.116. The second-order valence-corrected chi connectivity index (χ2v) is 17.6. The Balaban J connectivity index is 1.20. The Morgan fingerprint density at radius 3 is 2.62 bits per heavy atom. The first-order valence-corrected chi connectivity index (χ1v) is 20.2. The van der Waals surface area contributed by atoms with E-state index in [2.05, 4.69) is 24.9 Å². The first-order valence-electron chi connectivity index (χ1n) is 18.5. The van der Waals surface area contributed by atoms with Gasteiger partial charge in [-0.25, -0.2) is 41.6 Å². The van der Waals surface area contributed by atoms with E-state index < -0.39 is 69.8 Å². The van der Waals surface area contributed by atoms with Gasteiger partial charge < -0.3 is 19.6 Å². The van der Waals surface area contributed by atoms with Crippen LogP contribution < -0.4 is 14.5 Å². The highest BCUT2D eigenvalue weighted by Crippen LogP contribution is 2.43. The molecule has 3 saturated heterocycles. The maximum Gasteiger partial charge on any atom is 0.414 e. The third-order valence-electron chi connectivity index (χ3n) is 11.0. The molecule has 13 nitrogen and oxygen atoms in total. The number of pyridine rings is 1. The molecule has 3 aliphatic heterocycles. The highest BCUT2D eigenvalue weighted by atomic mass is 32.1. The van der Waals surface area contributed by atoms with Crippen LogP contribution in [0, 0.1) is 17.5 Å². The highest BCUT2D eigenvalue weighted by molar-refractivity contribution is 7.22. The molecule has 7 heterocycles. The number of carboxylic acid groups (broad SMARTS) is 1. The molecular formula is C38H38F5N9O4S2. The number of aromatic nitrogens is 5. The van der Waals surface area contributed by atoms with Crippen LogP contribution in [0.4, 0.5) is 37.7 Å². The molecule has 3 atom stereocenters. The minimum Gasteiger partial charge on any atom is -0.465 e. The van der Waals surface area contributed by atoms with Crippen LogP contribution in [0.15, 0.2) is 29.7 Å². The molecule has 5 aromatic rings. The summed E-state index contributed by atoms with van der Waals surface area (Å²) in [5.41, 5.74) is -3.37. The lowest BCUT2D eigenvalue weighted by Crippen LogP contribution is -2.45. The minimum atomic E-state index is -1.38. The predicted molar refractivity (Wildman–Crippen MR) is 209 cm³/mol. The smallest absolute Gasteiger partial charge is 0.414 e. The monoisotopic (exact) mass is 843 g/mol. The predicted octanol–water partition coefficient (Wildman–Crippen LogP) is 7.46. The van der Waals surface area contributed by atoms with Crippen LogP contribution in [0.2, 0.25) is 0 Å². The minimum absolute atomic E-state index is 0.0146. The van der Waals surface area contributed by atoms with Gasteiger partial charge in [-0.05, 0) is 46.6 Å². The number of likely N-dealkylation sites (N-methyl/N-ethyl adjacent to an activating group) is 1. The van der Waals surface area contributed by atoms with Crippen molar-refractivity contribution in [3.8, 4) is 17.3 Å². The number of ether oxygens (including phenoxy) is 1. The number of fused-ring (bicyclic) bond motifs is 3. The van der Waals surface area contributed by atoms with Crippen molar-refractivity contribution in [1.29, 1.82) is 0 Å². The van der Waals surface area contributed by atoms with Gasteiger partial charge in [-0.1, -0.05) is 11.3 Å². The second-order valence-electron chi connectivity index (χ2n) is 15.7. The number of likely N-dealkylation sites (tertiary alicyclic amines) is 1. The summed E-state index contributed by atoms with van der Waals surface area (Å²) < 4.78 is 83.8. The van der Waals surface area contributed by atoms with E-state index >= 15 is 13.2 Å². The van der Waals surface area contributed by atoms with Gasteiger partial charge in [0, 0.05) is 74.6 Å². The van der Waals surface area contributed by atoms with E-state index in [1.54, 1.807) is 38.1 Å². The fraction of sp³-hybridized carbons (Fsp3) is 0.447. The van der Waals surface area contributed by atoms with Crippen LogP contribution in [0.3, 0.4) is 0 Å². The molecule has 0 radical (unpaired) electrons. The molecule has 20 heteroatoms. The number of thiazole rings is 2. The maximum absolute atomic E-state index is 17.1. The standard InChI is InChI=1S/C38H38F5N9O4S2/c1-37(2,3)52(36(54)55)35-47-30-26(22(40)12-23(41)31(30)58-35)29-27(43)28-21(15-45-29)32(48-34(46-28)56-18-38-7-5-9-51(38)16-19(39)14-38)49(4)20-6-10-50(17-20)33(53)24(42)13-25-44-8-11-57-25/h8,11-13,15,19-20H,5-7,9-10,14,16-18H2,1-4H3,(H,54,55)/b24-13-/t19?,20-,38+/m1/s1. The summed E-state index contributed by atoms with van der Waals surface area (Å²) in [5, 5.41) is 11.9. The molecule has 4 aromatic heterocycles. The number of rotatable bonds is 9. The number of hydrogen-bond donors (Lipinski definition) is 1. The lowest BCUT2D eigenvalue weighted by atomic mass is 9.95. The fourth-order valence-electron chi connectivity index (χ4n) is 8.20. The van der Waals surface area contributed by atoms with Crippen molar-refractivity contribution in [3.63, 3.8) is 0 Å². The Kier molecular flexibility index (Phi) is 10.2. The summed E-state index contributed by atoms with van der Waals surface area (Å²) in [6.07, 6.45) is 3.57. The third-order valence-corrected chi connectivity index (χ3v) is 12.7. The molecule has 3 fully saturated rings. The van der Waals surface area contributed by atoms with E-state index in [4.69, 9.17) is 4.74 Å². The van der Waals surface area contributed by atoms with Crippen molar-refractivity contribution < 1.29 is 41.4 Å². The van der Waals surface area contributed by atoms with Crippen LogP contribution in [0.5, 0.6) is 6.01 Å². The normalized spacial score (nSPS) is 21.3. The van der Waals surface area contributed by atoms with Crippen LogP contribution >= 0.6 is 22.7 Å². The lowest BCUT2D eigenvalue weighted by Gasteiger charge is -2.31. The van der Waals surface area contributed by atoms with Crippen LogP contribution in [0.1, 0.15) is 51.5 Å². The Bertz CT molecular complexity index is 2460. The molecule has 1 N–H and O–H groups in total. The first kappa shape index (κ1) is 39.7. The van der Waals surface area contributed by atoms with Crippen molar-refractivity contribution in [2.45, 2.75) is 69.7 Å². The fourth-order valence-corrected chi connectivity index (χ4v) is 9.92. The van der Waals surface area contributed by atoms with E-state index in [0.29, 0.717) is 41.8 Å². The molecule has 3 aliphatic rings. The van der Waals surface area contributed by atoms with Gasteiger partial charge in [0.05, 0.1) is 26.7 Å². The summed E-state index contributed by atoms with van der Waals surface area (Å²) in [7, 11) is 1.67. The first-order chi connectivity index (χ1) is 27.5. The SMILES string of the molecule is CN(c1nc(OC[C@@]23CCCN2CC(F)C3)nc2c(F)c(-c3c(F)cc(F)c4sc(N(C(=O)O)C(C)(C)C)nc34)ncc12)[C@@H]1CCN(C(=O)/C(F)=C/c2nccs2)C1. The van der Waals surface area contributed by atoms with Crippen molar-refractivity contribution in [2.75, 3.05) is 49.6 Å². The van der Waals surface area contributed by atoms with Crippen molar-refractivity contribution in [2.24, 2.45) is 0 Å². The Morgan fingerprint density at radius 1 is 1.10 bits per heavy atom. The number of nitrogens with zero attached hydrogens (tertiary/aromatic N) is 9. The van der Waals surface area contributed by atoms with Gasteiger partial charge in [-0.2, -0.15) is 9.97 Å². The van der Waals surface area contributed by atoms with Gasteiger partial charge >= 0.3 is 12.1 Å². The van der Waals surface area contributed by atoms with Crippen molar-refractivity contribution >= 4 is 72.8 Å². The van der Waals surface area contributed by atoms with Gasteiger partial charge in [-0.15, -0.1) is 11.3 Å². The van der Waals surface area contributed by atoms with Crippen molar-refractivity contribution in [1.82, 2.24) is 34.7 Å². The third kappa shape index (κ3) is 7.08. The largest absolute Gasteiger partial charge is 0.465 e. The zero-order chi connectivity index (χ0) is 41.3. The second kappa shape index (κ2) is 14.9. The number of carbonyl (C=O) groups excluding carboxylic acids is 1. The number of anilines is 2. The van der Waals surface area contributed by atoms with Crippen LogP contribution in [0.25, 0.3) is 38.5 Å². The average molecular weight is 844 g/mol. The van der Waals surface area contributed by atoms with Gasteiger partial charge in [0.25, 0.3) is 5.91 Å². The number of alkyl halides is 1. The van der Waals surface area contributed by atoms with Crippen LogP contribution in [-0.4, -0.2) is 115 Å². The number of amides is 2. The van der Waals surface area contributed by atoms with Crippen molar-refractivity contribution in [3.05, 3.63) is 52.1 Å². The van der Waals surface area contributed by atoms with E-state index in [9.17, 15) is 23.5 Å². The molecule has 306 valence electrons. The Hall–Kier alpha value is -5.08. The Labute approximate surface area is 336 Å². The van der Waals surface area contributed by atoms with E-state index in [-0.39, 0.29) is 70.7 Å². The van der Waals surface area contributed by atoms with E-state index in [0.717, 1.165) is 17.4 Å². The number of hydrogen-bond acceptors (Lipinski definition) is 12. The zero-order valence-corrected chi connectivity index (χ0v) is 33.4.